The maximum atomic E-state index is 13.3. The number of pyridine rings is 1. The Morgan fingerprint density at radius 2 is 2.08 bits per heavy atom. The number of carbonyl (C=O) groups is 1. The molecule has 1 aliphatic heterocycles. The molecule has 4 nitrogen and oxygen atoms in total. The largest absolute Gasteiger partial charge is 0.383 e. The van der Waals surface area contributed by atoms with Crippen LogP contribution in [0.25, 0.3) is 0 Å². The lowest BCUT2D eigenvalue weighted by molar-refractivity contribution is -0.133. The average Bonchev–Trinajstić information content (AvgIpc) is 2.62. The highest BCUT2D eigenvalue weighted by Gasteiger charge is 2.33. The molecule has 1 N–H and O–H groups in total. The number of nitrogens with zero attached hydrogens (tertiary/aromatic N) is 2. The summed E-state index contributed by atoms with van der Waals surface area (Å²) in [6.07, 6.45) is 4.32. The van der Waals surface area contributed by atoms with Gasteiger partial charge >= 0.3 is 0 Å². The molecule has 0 bridgehead atoms. The van der Waals surface area contributed by atoms with Crippen molar-refractivity contribution >= 4 is 5.91 Å². The number of amides is 1. The summed E-state index contributed by atoms with van der Waals surface area (Å²) in [6, 6.07) is 9.15. The van der Waals surface area contributed by atoms with E-state index in [1.165, 1.54) is 6.92 Å². The normalized spacial score (nSPS) is 19.2. The Kier molecular flexibility index (Phi) is 4.86. The van der Waals surface area contributed by atoms with E-state index in [0.29, 0.717) is 24.9 Å². The summed E-state index contributed by atoms with van der Waals surface area (Å²) in [6.45, 7) is 3.21. The number of hydrogen-bond acceptors (Lipinski definition) is 3. The van der Waals surface area contributed by atoms with Crippen molar-refractivity contribution in [2.45, 2.75) is 38.3 Å². The van der Waals surface area contributed by atoms with E-state index in [4.69, 9.17) is 0 Å². The van der Waals surface area contributed by atoms with Gasteiger partial charge in [0.1, 0.15) is 12.3 Å². The Labute approximate surface area is 147 Å². The molecule has 0 radical (unpaired) electrons. The van der Waals surface area contributed by atoms with Gasteiger partial charge in [0, 0.05) is 18.9 Å². The van der Waals surface area contributed by atoms with Gasteiger partial charge in [-0.25, -0.2) is 4.39 Å². The molecule has 2 heterocycles. The maximum Gasteiger partial charge on any atom is 0.227 e. The van der Waals surface area contributed by atoms with Gasteiger partial charge in [0.2, 0.25) is 5.91 Å². The lowest BCUT2D eigenvalue weighted by atomic mass is 9.83. The summed E-state index contributed by atoms with van der Waals surface area (Å²) in [4.78, 5) is 18.6. The molecule has 1 aromatic heterocycles. The minimum Gasteiger partial charge on any atom is -0.383 e. The van der Waals surface area contributed by atoms with Crippen LogP contribution in [0.15, 0.2) is 42.7 Å². The summed E-state index contributed by atoms with van der Waals surface area (Å²) in [7, 11) is 0. The molecule has 3 rings (SSSR count). The van der Waals surface area contributed by atoms with Gasteiger partial charge in [-0.15, -0.1) is 0 Å². The molecular formula is C20H23FN2O2. The van der Waals surface area contributed by atoms with Gasteiger partial charge in [-0.3, -0.25) is 9.78 Å². The number of aromatic nitrogens is 1. The summed E-state index contributed by atoms with van der Waals surface area (Å²) in [5.74, 6) is 0.0620. The molecule has 0 aliphatic carbocycles. The zero-order valence-electron chi connectivity index (χ0n) is 14.6. The van der Waals surface area contributed by atoms with Crippen LogP contribution in [0.3, 0.4) is 0 Å². The third-order valence-corrected chi connectivity index (χ3v) is 5.00. The van der Waals surface area contributed by atoms with Crippen molar-refractivity contribution in [2.75, 3.05) is 13.2 Å². The third kappa shape index (κ3) is 3.42. The molecule has 2 aromatic rings. The molecule has 1 aliphatic rings. The van der Waals surface area contributed by atoms with Crippen molar-refractivity contribution in [1.82, 2.24) is 9.88 Å². The molecule has 0 unspecified atom stereocenters. The monoisotopic (exact) mass is 342 g/mol. The molecule has 25 heavy (non-hydrogen) atoms. The van der Waals surface area contributed by atoms with E-state index >= 15 is 0 Å². The van der Waals surface area contributed by atoms with E-state index in [1.807, 2.05) is 36.1 Å². The van der Waals surface area contributed by atoms with E-state index in [9.17, 15) is 14.3 Å². The fourth-order valence-corrected chi connectivity index (χ4v) is 3.56. The number of aliphatic hydroxyl groups is 1. The summed E-state index contributed by atoms with van der Waals surface area (Å²) < 4.78 is 13.3. The van der Waals surface area contributed by atoms with Crippen LogP contribution >= 0.6 is 0 Å². The van der Waals surface area contributed by atoms with Gasteiger partial charge in [-0.2, -0.15) is 0 Å². The minimum atomic E-state index is -1.49. The number of hydrogen-bond donors (Lipinski definition) is 1. The van der Waals surface area contributed by atoms with E-state index in [1.54, 1.807) is 18.5 Å². The Morgan fingerprint density at radius 1 is 1.36 bits per heavy atom. The van der Waals surface area contributed by atoms with Crippen molar-refractivity contribution < 1.29 is 14.3 Å². The van der Waals surface area contributed by atoms with Crippen LogP contribution < -0.4 is 0 Å². The average molecular weight is 342 g/mol. The van der Waals surface area contributed by atoms with Crippen molar-refractivity contribution in [3.8, 4) is 0 Å². The van der Waals surface area contributed by atoms with E-state index in [2.05, 4.69) is 4.98 Å². The maximum absolute atomic E-state index is 13.3. The van der Waals surface area contributed by atoms with Crippen LogP contribution in [-0.4, -0.2) is 34.1 Å². The molecular weight excluding hydrogens is 319 g/mol. The first-order valence-electron chi connectivity index (χ1n) is 8.53. The van der Waals surface area contributed by atoms with Gasteiger partial charge in [0.15, 0.2) is 0 Å². The van der Waals surface area contributed by atoms with Crippen LogP contribution in [0, 0.1) is 0 Å². The van der Waals surface area contributed by atoms with Crippen LogP contribution in [0.1, 0.15) is 42.1 Å². The Balaban J connectivity index is 1.85. The highest BCUT2D eigenvalue weighted by Crippen LogP contribution is 2.36. The Bertz CT molecular complexity index is 762. The van der Waals surface area contributed by atoms with Crippen LogP contribution in [0.4, 0.5) is 4.39 Å². The van der Waals surface area contributed by atoms with E-state index in [-0.39, 0.29) is 11.9 Å². The van der Waals surface area contributed by atoms with E-state index in [0.717, 1.165) is 16.7 Å². The first kappa shape index (κ1) is 17.5. The molecule has 5 heteroatoms. The second-order valence-electron chi connectivity index (χ2n) is 6.83. The van der Waals surface area contributed by atoms with Gasteiger partial charge in [0.25, 0.3) is 0 Å². The lowest BCUT2D eigenvalue weighted by Gasteiger charge is -2.38. The molecule has 0 saturated heterocycles. The summed E-state index contributed by atoms with van der Waals surface area (Å²) >= 11 is 0. The van der Waals surface area contributed by atoms with Crippen LogP contribution in [0.2, 0.25) is 0 Å². The van der Waals surface area contributed by atoms with Crippen LogP contribution in [0.5, 0.6) is 0 Å². The zero-order chi connectivity index (χ0) is 18.0. The number of alkyl halides is 1. The first-order valence-corrected chi connectivity index (χ1v) is 8.53. The second kappa shape index (κ2) is 6.92. The van der Waals surface area contributed by atoms with E-state index < -0.39 is 12.3 Å². The molecule has 132 valence electrons. The number of fused-ring (bicyclic) bond motifs is 1. The van der Waals surface area contributed by atoms with Crippen LogP contribution in [-0.2, 0) is 23.2 Å². The van der Waals surface area contributed by atoms with Crippen molar-refractivity contribution in [2.24, 2.45) is 0 Å². The minimum absolute atomic E-state index is 0.0620. The zero-order valence-corrected chi connectivity index (χ0v) is 14.6. The highest BCUT2D eigenvalue weighted by molar-refractivity contribution is 5.79. The van der Waals surface area contributed by atoms with Gasteiger partial charge < -0.3 is 10.0 Å². The number of halogens is 1. The van der Waals surface area contributed by atoms with Crippen molar-refractivity contribution in [3.05, 3.63) is 65.0 Å². The number of carbonyl (C=O) groups excluding carboxylic acids is 1. The molecule has 1 amide bonds. The third-order valence-electron chi connectivity index (χ3n) is 5.00. The molecule has 2 atom stereocenters. The molecule has 0 fully saturated rings. The topological polar surface area (TPSA) is 53.4 Å². The fraction of sp³-hybridized carbons (Fsp3) is 0.400. The SMILES string of the molecule is C[C@H]1c2cccc([C@](C)(O)CF)c2CCN1C(=O)Cc1ccncc1. The van der Waals surface area contributed by atoms with Gasteiger partial charge in [-0.05, 0) is 54.7 Å². The Morgan fingerprint density at radius 3 is 2.76 bits per heavy atom. The fourth-order valence-electron chi connectivity index (χ4n) is 3.56. The van der Waals surface area contributed by atoms with Gasteiger partial charge in [-0.1, -0.05) is 18.2 Å². The Hall–Kier alpha value is -2.27. The smallest absolute Gasteiger partial charge is 0.227 e. The van der Waals surface area contributed by atoms with Gasteiger partial charge in [0.05, 0.1) is 12.5 Å². The highest BCUT2D eigenvalue weighted by atomic mass is 19.1. The molecule has 1 aromatic carbocycles. The molecule has 0 spiro atoms. The first-order chi connectivity index (χ1) is 11.9. The quantitative estimate of drug-likeness (QED) is 0.929. The van der Waals surface area contributed by atoms with Crippen molar-refractivity contribution in [1.29, 1.82) is 0 Å². The summed E-state index contributed by atoms with van der Waals surface area (Å²) in [5, 5.41) is 10.3. The number of benzene rings is 1. The molecule has 0 saturated carbocycles. The standard InChI is InChI=1S/C20H23FN2O2/c1-14-16-4-3-5-18(20(2,25)13-21)17(16)8-11-23(14)19(24)12-15-6-9-22-10-7-15/h3-7,9-10,14,25H,8,11-13H2,1-2H3/t14-,20+/m0/s1. The summed E-state index contributed by atoms with van der Waals surface area (Å²) in [5.41, 5.74) is 2.02. The second-order valence-corrected chi connectivity index (χ2v) is 6.83. The lowest BCUT2D eigenvalue weighted by Crippen LogP contribution is -2.41. The number of rotatable bonds is 4. The predicted molar refractivity (Wildman–Crippen MR) is 93.8 cm³/mol. The van der Waals surface area contributed by atoms with Crippen molar-refractivity contribution in [3.63, 3.8) is 0 Å². The predicted octanol–water partition coefficient (Wildman–Crippen LogP) is 2.95.